The lowest BCUT2D eigenvalue weighted by atomic mass is 10.2. The minimum atomic E-state index is 0.575. The Balaban J connectivity index is 1.93. The highest BCUT2D eigenvalue weighted by Gasteiger charge is 2.10. The number of benzene rings is 2. The maximum absolute atomic E-state index is 6.30. The molecular formula is C15H14ClN5. The monoisotopic (exact) mass is 299 g/mol. The van der Waals surface area contributed by atoms with E-state index in [1.54, 1.807) is 0 Å². The fourth-order valence-electron chi connectivity index (χ4n) is 2.05. The fraction of sp³-hybridized carbons (Fsp3) is 0.133. The van der Waals surface area contributed by atoms with Crippen molar-refractivity contribution >= 4 is 11.6 Å². The predicted octanol–water partition coefficient (Wildman–Crippen LogP) is 2.70. The Labute approximate surface area is 127 Å². The van der Waals surface area contributed by atoms with Crippen molar-refractivity contribution in [2.75, 3.05) is 7.05 Å². The van der Waals surface area contributed by atoms with E-state index in [0.29, 0.717) is 16.5 Å². The SMILES string of the molecule is CNCc1ccc(-n2nnc(-c3ccccc3)n2)c(Cl)c1. The molecule has 2 aromatic carbocycles. The molecule has 3 rings (SSSR count). The standard InChI is InChI=1S/C15H14ClN5/c1-17-10-11-7-8-14(13(16)9-11)21-19-15(18-20-21)12-5-3-2-4-6-12/h2-9,17H,10H2,1H3. The number of halogens is 1. The maximum atomic E-state index is 6.30. The highest BCUT2D eigenvalue weighted by Crippen LogP contribution is 2.21. The second-order valence-electron chi connectivity index (χ2n) is 4.58. The first-order valence-corrected chi connectivity index (χ1v) is 6.94. The zero-order valence-corrected chi connectivity index (χ0v) is 12.2. The zero-order chi connectivity index (χ0) is 14.7. The van der Waals surface area contributed by atoms with Gasteiger partial charge in [-0.25, -0.2) is 0 Å². The van der Waals surface area contributed by atoms with Crippen molar-refractivity contribution in [3.8, 4) is 17.1 Å². The summed E-state index contributed by atoms with van der Waals surface area (Å²) in [6.07, 6.45) is 0. The number of hydrogen-bond acceptors (Lipinski definition) is 4. The molecule has 0 saturated heterocycles. The summed E-state index contributed by atoms with van der Waals surface area (Å²) >= 11 is 6.30. The molecule has 6 heteroatoms. The van der Waals surface area contributed by atoms with Crippen LogP contribution < -0.4 is 5.32 Å². The quantitative estimate of drug-likeness (QED) is 0.805. The number of hydrogen-bond donors (Lipinski definition) is 1. The Hall–Kier alpha value is -2.24. The first-order valence-electron chi connectivity index (χ1n) is 6.57. The molecule has 0 radical (unpaired) electrons. The van der Waals surface area contributed by atoms with E-state index in [-0.39, 0.29) is 0 Å². The normalized spacial score (nSPS) is 10.8. The van der Waals surface area contributed by atoms with Gasteiger partial charge in [-0.1, -0.05) is 48.0 Å². The largest absolute Gasteiger partial charge is 0.316 e. The lowest BCUT2D eigenvalue weighted by Gasteiger charge is -2.05. The molecule has 0 aliphatic carbocycles. The van der Waals surface area contributed by atoms with Crippen LogP contribution in [-0.2, 0) is 6.54 Å². The van der Waals surface area contributed by atoms with Crippen LogP contribution in [0.1, 0.15) is 5.56 Å². The van der Waals surface area contributed by atoms with Crippen molar-refractivity contribution in [1.29, 1.82) is 0 Å². The number of rotatable bonds is 4. The molecule has 0 atom stereocenters. The summed E-state index contributed by atoms with van der Waals surface area (Å²) in [5.41, 5.74) is 2.74. The van der Waals surface area contributed by atoms with Gasteiger partial charge in [0.25, 0.3) is 0 Å². The Morgan fingerprint density at radius 2 is 1.95 bits per heavy atom. The van der Waals surface area contributed by atoms with Crippen LogP contribution in [0.4, 0.5) is 0 Å². The number of aromatic nitrogens is 4. The summed E-state index contributed by atoms with van der Waals surface area (Å²) in [4.78, 5) is 1.45. The first-order chi connectivity index (χ1) is 10.3. The zero-order valence-electron chi connectivity index (χ0n) is 11.5. The molecule has 0 aliphatic heterocycles. The van der Waals surface area contributed by atoms with E-state index in [2.05, 4.69) is 20.7 Å². The third-order valence-corrected chi connectivity index (χ3v) is 3.36. The van der Waals surface area contributed by atoms with Crippen molar-refractivity contribution in [1.82, 2.24) is 25.5 Å². The molecule has 1 aromatic heterocycles. The van der Waals surface area contributed by atoms with Gasteiger partial charge in [0, 0.05) is 12.1 Å². The highest BCUT2D eigenvalue weighted by atomic mass is 35.5. The van der Waals surface area contributed by atoms with Gasteiger partial charge >= 0.3 is 0 Å². The molecule has 1 N–H and O–H groups in total. The summed E-state index contributed by atoms with van der Waals surface area (Å²) in [7, 11) is 1.90. The molecule has 5 nitrogen and oxygen atoms in total. The topological polar surface area (TPSA) is 55.6 Å². The van der Waals surface area contributed by atoms with Crippen LogP contribution in [0, 0.1) is 0 Å². The lowest BCUT2D eigenvalue weighted by Crippen LogP contribution is -2.06. The first kappa shape index (κ1) is 13.7. The van der Waals surface area contributed by atoms with Gasteiger partial charge in [-0.05, 0) is 30.0 Å². The van der Waals surface area contributed by atoms with Crippen molar-refractivity contribution in [2.45, 2.75) is 6.54 Å². The van der Waals surface area contributed by atoms with Crippen LogP contribution in [-0.4, -0.2) is 27.3 Å². The maximum Gasteiger partial charge on any atom is 0.205 e. The fourth-order valence-corrected chi connectivity index (χ4v) is 2.32. The van der Waals surface area contributed by atoms with Crippen molar-refractivity contribution in [2.24, 2.45) is 0 Å². The molecule has 0 fully saturated rings. The molecule has 106 valence electrons. The van der Waals surface area contributed by atoms with Crippen LogP contribution in [0.15, 0.2) is 48.5 Å². The van der Waals surface area contributed by atoms with Gasteiger partial charge in [0.15, 0.2) is 0 Å². The average Bonchev–Trinajstić information content (AvgIpc) is 2.98. The van der Waals surface area contributed by atoms with E-state index < -0.39 is 0 Å². The van der Waals surface area contributed by atoms with E-state index in [1.807, 2.05) is 55.6 Å². The summed E-state index contributed by atoms with van der Waals surface area (Å²) in [6.45, 7) is 0.764. The van der Waals surface area contributed by atoms with Crippen LogP contribution in [0.3, 0.4) is 0 Å². The third kappa shape index (κ3) is 2.94. The van der Waals surface area contributed by atoms with Crippen molar-refractivity contribution in [3.63, 3.8) is 0 Å². The average molecular weight is 300 g/mol. The Morgan fingerprint density at radius 3 is 2.67 bits per heavy atom. The number of nitrogens with one attached hydrogen (secondary N) is 1. The molecule has 0 saturated carbocycles. The van der Waals surface area contributed by atoms with Gasteiger partial charge in [0.2, 0.25) is 5.82 Å². The van der Waals surface area contributed by atoms with Crippen molar-refractivity contribution < 1.29 is 0 Å². The molecule has 0 spiro atoms. The van der Waals surface area contributed by atoms with Crippen LogP contribution in [0.5, 0.6) is 0 Å². The van der Waals surface area contributed by atoms with Crippen LogP contribution >= 0.6 is 11.6 Å². The van der Waals surface area contributed by atoms with Crippen LogP contribution in [0.2, 0.25) is 5.02 Å². The third-order valence-electron chi connectivity index (χ3n) is 3.05. The van der Waals surface area contributed by atoms with Gasteiger partial charge < -0.3 is 5.32 Å². The van der Waals surface area contributed by atoms with E-state index >= 15 is 0 Å². The molecule has 1 heterocycles. The number of tetrazole rings is 1. The molecule has 21 heavy (non-hydrogen) atoms. The second kappa shape index (κ2) is 6.03. The number of nitrogens with zero attached hydrogens (tertiary/aromatic N) is 4. The Morgan fingerprint density at radius 1 is 1.14 bits per heavy atom. The van der Waals surface area contributed by atoms with E-state index in [0.717, 1.165) is 17.7 Å². The predicted molar refractivity (Wildman–Crippen MR) is 82.4 cm³/mol. The summed E-state index contributed by atoms with van der Waals surface area (Å²) < 4.78 is 0. The molecule has 0 amide bonds. The lowest BCUT2D eigenvalue weighted by molar-refractivity contribution is 0.719. The molecule has 3 aromatic rings. The summed E-state index contributed by atoms with van der Waals surface area (Å²) in [5.74, 6) is 0.575. The van der Waals surface area contributed by atoms with E-state index in [1.165, 1.54) is 4.80 Å². The highest BCUT2D eigenvalue weighted by molar-refractivity contribution is 6.32. The van der Waals surface area contributed by atoms with Crippen LogP contribution in [0.25, 0.3) is 17.1 Å². The molecule has 0 bridgehead atoms. The summed E-state index contributed by atoms with van der Waals surface area (Å²) in [5, 5.41) is 16.2. The van der Waals surface area contributed by atoms with Gasteiger partial charge in [0.1, 0.15) is 5.69 Å². The van der Waals surface area contributed by atoms with E-state index in [4.69, 9.17) is 11.6 Å². The van der Waals surface area contributed by atoms with E-state index in [9.17, 15) is 0 Å². The van der Waals surface area contributed by atoms with Gasteiger partial charge in [-0.2, -0.15) is 0 Å². The molecule has 0 unspecified atom stereocenters. The molecular weight excluding hydrogens is 286 g/mol. The van der Waals surface area contributed by atoms with Gasteiger partial charge in [0.05, 0.1) is 5.02 Å². The smallest absolute Gasteiger partial charge is 0.205 e. The Kier molecular flexibility index (Phi) is 3.94. The minimum absolute atomic E-state index is 0.575. The van der Waals surface area contributed by atoms with Gasteiger partial charge in [-0.15, -0.1) is 15.0 Å². The summed E-state index contributed by atoms with van der Waals surface area (Å²) in [6, 6.07) is 15.5. The Bertz CT molecular complexity index is 739. The minimum Gasteiger partial charge on any atom is -0.316 e. The molecule has 0 aliphatic rings. The van der Waals surface area contributed by atoms with Gasteiger partial charge in [-0.3, -0.25) is 0 Å². The van der Waals surface area contributed by atoms with Crippen molar-refractivity contribution in [3.05, 3.63) is 59.1 Å². The second-order valence-corrected chi connectivity index (χ2v) is 4.99.